The van der Waals surface area contributed by atoms with Crippen LogP contribution in [0.4, 0.5) is 0 Å². The quantitative estimate of drug-likeness (QED) is 0.833. The Bertz CT molecular complexity index is 447. The molecule has 0 radical (unpaired) electrons. The number of hydrogen-bond acceptors (Lipinski definition) is 4. The van der Waals surface area contributed by atoms with Crippen molar-refractivity contribution in [3.8, 4) is 0 Å². The molecule has 2 rings (SSSR count). The summed E-state index contributed by atoms with van der Waals surface area (Å²) in [5, 5.41) is 0. The van der Waals surface area contributed by atoms with Crippen LogP contribution in [0.25, 0.3) is 0 Å². The third-order valence-electron chi connectivity index (χ3n) is 3.41. The number of aromatic nitrogens is 1. The number of primary amides is 1. The Morgan fingerprint density at radius 2 is 2.17 bits per heavy atom. The Kier molecular flexibility index (Phi) is 3.64. The molecule has 1 aromatic rings. The van der Waals surface area contributed by atoms with Crippen LogP contribution in [0.3, 0.4) is 0 Å². The lowest BCUT2D eigenvalue weighted by Gasteiger charge is -2.30. The minimum Gasteiger partial charge on any atom is -0.448 e. The molecule has 0 spiro atoms. The fourth-order valence-electron chi connectivity index (χ4n) is 2.16. The van der Waals surface area contributed by atoms with E-state index in [4.69, 9.17) is 10.2 Å². The molecule has 0 saturated carbocycles. The predicted molar refractivity (Wildman–Crippen MR) is 63.4 cm³/mol. The molecule has 2 amide bonds. The van der Waals surface area contributed by atoms with Crippen LogP contribution < -0.4 is 5.73 Å². The van der Waals surface area contributed by atoms with Crippen LogP contribution in [0.1, 0.15) is 24.3 Å². The highest BCUT2D eigenvalue weighted by atomic mass is 16.3. The van der Waals surface area contributed by atoms with E-state index in [1.807, 2.05) is 6.92 Å². The Morgan fingerprint density at radius 1 is 1.50 bits per heavy atom. The van der Waals surface area contributed by atoms with Crippen LogP contribution in [0.5, 0.6) is 0 Å². The molecule has 1 aliphatic rings. The first-order valence-electron chi connectivity index (χ1n) is 6.04. The summed E-state index contributed by atoms with van der Waals surface area (Å²) in [5.74, 6) is 0.254. The highest BCUT2D eigenvalue weighted by Crippen LogP contribution is 2.18. The van der Waals surface area contributed by atoms with Gasteiger partial charge in [-0.25, -0.2) is 4.98 Å². The first-order valence-corrected chi connectivity index (χ1v) is 6.04. The molecule has 18 heavy (non-hydrogen) atoms. The number of likely N-dealkylation sites (tertiary alicyclic amines) is 1. The van der Waals surface area contributed by atoms with Gasteiger partial charge in [-0.2, -0.15) is 0 Å². The summed E-state index contributed by atoms with van der Waals surface area (Å²) in [7, 11) is 0. The average Bonchev–Trinajstić information content (AvgIpc) is 2.75. The van der Waals surface area contributed by atoms with E-state index >= 15 is 0 Å². The molecule has 0 aliphatic carbocycles. The first-order chi connectivity index (χ1) is 8.58. The molecule has 0 unspecified atom stereocenters. The first kappa shape index (κ1) is 12.6. The second kappa shape index (κ2) is 5.20. The van der Waals surface area contributed by atoms with Gasteiger partial charge in [0, 0.05) is 19.0 Å². The van der Waals surface area contributed by atoms with Crippen molar-refractivity contribution in [3.63, 3.8) is 0 Å². The van der Waals surface area contributed by atoms with E-state index < -0.39 is 0 Å². The average molecular weight is 251 g/mol. The number of nitrogens with zero attached hydrogens (tertiary/aromatic N) is 2. The van der Waals surface area contributed by atoms with Gasteiger partial charge >= 0.3 is 0 Å². The summed E-state index contributed by atoms with van der Waals surface area (Å²) < 4.78 is 5.15. The minimum atomic E-state index is -0.270. The maximum absolute atomic E-state index is 12.0. The van der Waals surface area contributed by atoms with Crippen LogP contribution in [-0.2, 0) is 16.0 Å². The Hall–Kier alpha value is -1.85. The molecule has 2 N–H and O–H groups in total. The second-order valence-electron chi connectivity index (χ2n) is 4.60. The molecule has 6 heteroatoms. The highest BCUT2D eigenvalue weighted by molar-refractivity contribution is 5.80. The lowest BCUT2D eigenvalue weighted by molar-refractivity contribution is -0.134. The van der Waals surface area contributed by atoms with Crippen LogP contribution in [0.15, 0.2) is 10.8 Å². The van der Waals surface area contributed by atoms with E-state index in [1.165, 1.54) is 6.39 Å². The van der Waals surface area contributed by atoms with Gasteiger partial charge < -0.3 is 15.1 Å². The number of oxazole rings is 1. The van der Waals surface area contributed by atoms with Crippen molar-refractivity contribution in [3.05, 3.63) is 17.8 Å². The van der Waals surface area contributed by atoms with E-state index in [2.05, 4.69) is 4.98 Å². The van der Waals surface area contributed by atoms with Crippen molar-refractivity contribution >= 4 is 11.8 Å². The van der Waals surface area contributed by atoms with Crippen molar-refractivity contribution in [2.75, 3.05) is 13.1 Å². The molecular weight excluding hydrogens is 234 g/mol. The number of nitrogens with two attached hydrogens (primary N) is 1. The van der Waals surface area contributed by atoms with Crippen LogP contribution in [-0.4, -0.2) is 34.8 Å². The molecule has 0 bridgehead atoms. The smallest absolute Gasteiger partial charge is 0.230 e. The summed E-state index contributed by atoms with van der Waals surface area (Å²) in [6.07, 6.45) is 2.87. The molecule has 1 saturated heterocycles. The number of piperidine rings is 1. The number of rotatable bonds is 3. The predicted octanol–water partition coefficient (Wildman–Crippen LogP) is 0.249. The maximum atomic E-state index is 12.0. The third kappa shape index (κ3) is 2.69. The summed E-state index contributed by atoms with van der Waals surface area (Å²) in [6.45, 7) is 2.98. The van der Waals surface area contributed by atoms with E-state index in [1.54, 1.807) is 4.90 Å². The minimum absolute atomic E-state index is 0.0118. The second-order valence-corrected chi connectivity index (χ2v) is 4.60. The summed E-state index contributed by atoms with van der Waals surface area (Å²) in [4.78, 5) is 28.7. The van der Waals surface area contributed by atoms with Gasteiger partial charge in [-0.15, -0.1) is 0 Å². The SMILES string of the molecule is Cc1ncoc1CC(=O)N1CCC(C(N)=O)CC1. The molecule has 0 atom stereocenters. The van der Waals surface area contributed by atoms with E-state index in [0.717, 1.165) is 5.69 Å². The van der Waals surface area contributed by atoms with Gasteiger partial charge in [-0.1, -0.05) is 0 Å². The van der Waals surface area contributed by atoms with E-state index in [-0.39, 0.29) is 24.2 Å². The lowest BCUT2D eigenvalue weighted by atomic mass is 9.96. The van der Waals surface area contributed by atoms with Crippen molar-refractivity contribution < 1.29 is 14.0 Å². The number of amides is 2. The Morgan fingerprint density at radius 3 is 2.67 bits per heavy atom. The fourth-order valence-corrected chi connectivity index (χ4v) is 2.16. The topological polar surface area (TPSA) is 89.4 Å². The van der Waals surface area contributed by atoms with Gasteiger partial charge in [-0.05, 0) is 19.8 Å². The van der Waals surface area contributed by atoms with Crippen LogP contribution >= 0.6 is 0 Å². The standard InChI is InChI=1S/C12H17N3O3/c1-8-10(18-7-14-8)6-11(16)15-4-2-9(3-5-15)12(13)17/h7,9H,2-6H2,1H3,(H2,13,17). The van der Waals surface area contributed by atoms with Crippen molar-refractivity contribution in [2.45, 2.75) is 26.2 Å². The summed E-state index contributed by atoms with van der Waals surface area (Å²) in [5.41, 5.74) is 6.00. The van der Waals surface area contributed by atoms with Gasteiger partial charge in [0.25, 0.3) is 0 Å². The number of aryl methyl sites for hydroxylation is 1. The molecule has 98 valence electrons. The number of carbonyl (C=O) groups excluding carboxylic acids is 2. The molecular formula is C12H17N3O3. The molecule has 2 heterocycles. The Balaban J connectivity index is 1.88. The largest absolute Gasteiger partial charge is 0.448 e. The van der Waals surface area contributed by atoms with Crippen molar-refractivity contribution in [1.82, 2.24) is 9.88 Å². The van der Waals surface area contributed by atoms with Gasteiger partial charge in [0.15, 0.2) is 6.39 Å². The molecule has 1 aromatic heterocycles. The van der Waals surface area contributed by atoms with Gasteiger partial charge in [0.2, 0.25) is 11.8 Å². The lowest BCUT2D eigenvalue weighted by Crippen LogP contribution is -2.42. The number of carbonyl (C=O) groups is 2. The summed E-state index contributed by atoms with van der Waals surface area (Å²) >= 11 is 0. The Labute approximate surface area is 105 Å². The van der Waals surface area contributed by atoms with Crippen LogP contribution in [0, 0.1) is 12.8 Å². The summed E-state index contributed by atoms with van der Waals surface area (Å²) in [6, 6.07) is 0. The fraction of sp³-hybridized carbons (Fsp3) is 0.583. The van der Waals surface area contributed by atoms with Gasteiger partial charge in [0.05, 0.1) is 12.1 Å². The monoisotopic (exact) mass is 251 g/mol. The molecule has 6 nitrogen and oxygen atoms in total. The molecule has 0 aromatic carbocycles. The zero-order valence-corrected chi connectivity index (χ0v) is 10.4. The third-order valence-corrected chi connectivity index (χ3v) is 3.41. The van der Waals surface area contributed by atoms with Crippen LogP contribution in [0.2, 0.25) is 0 Å². The van der Waals surface area contributed by atoms with E-state index in [9.17, 15) is 9.59 Å². The zero-order chi connectivity index (χ0) is 13.1. The van der Waals surface area contributed by atoms with Gasteiger partial charge in [-0.3, -0.25) is 9.59 Å². The maximum Gasteiger partial charge on any atom is 0.230 e. The van der Waals surface area contributed by atoms with Crippen molar-refractivity contribution in [1.29, 1.82) is 0 Å². The van der Waals surface area contributed by atoms with E-state index in [0.29, 0.717) is 31.7 Å². The molecule has 1 fully saturated rings. The zero-order valence-electron chi connectivity index (χ0n) is 10.4. The normalized spacial score (nSPS) is 16.8. The van der Waals surface area contributed by atoms with Crippen molar-refractivity contribution in [2.24, 2.45) is 11.7 Å². The highest BCUT2D eigenvalue weighted by Gasteiger charge is 2.26. The molecule has 1 aliphatic heterocycles. The van der Waals surface area contributed by atoms with Gasteiger partial charge in [0.1, 0.15) is 5.76 Å². The number of hydrogen-bond donors (Lipinski definition) is 1.